The topological polar surface area (TPSA) is 106 Å². The van der Waals surface area contributed by atoms with Crippen LogP contribution in [-0.4, -0.2) is 49.3 Å². The van der Waals surface area contributed by atoms with E-state index in [9.17, 15) is 18.0 Å². The van der Waals surface area contributed by atoms with E-state index in [1.54, 1.807) is 31.2 Å². The normalized spacial score (nSPS) is 15.0. The third-order valence-corrected chi connectivity index (χ3v) is 7.42. The average Bonchev–Trinajstić information content (AvgIpc) is 3.22. The molecule has 1 N–H and O–H groups in total. The van der Waals surface area contributed by atoms with E-state index in [0.717, 1.165) is 36.2 Å². The maximum Gasteiger partial charge on any atom is 0.357 e. The predicted molar refractivity (Wildman–Crippen MR) is 114 cm³/mol. The highest BCUT2D eigenvalue weighted by Crippen LogP contribution is 2.21. The van der Waals surface area contributed by atoms with Crippen molar-refractivity contribution in [2.45, 2.75) is 43.9 Å². The Hall–Kier alpha value is -2.30. The zero-order valence-electron chi connectivity index (χ0n) is 16.8. The molecule has 0 bridgehead atoms. The zero-order valence-corrected chi connectivity index (χ0v) is 18.4. The summed E-state index contributed by atoms with van der Waals surface area (Å²) in [5.41, 5.74) is 1.04. The number of ether oxygens (including phenoxy) is 1. The number of benzene rings is 1. The van der Waals surface area contributed by atoms with Crippen LogP contribution in [0.15, 0.2) is 34.5 Å². The van der Waals surface area contributed by atoms with E-state index in [-0.39, 0.29) is 29.5 Å². The van der Waals surface area contributed by atoms with Crippen LogP contribution in [0.25, 0.3) is 0 Å². The first kappa shape index (κ1) is 22.4. The minimum absolute atomic E-state index is 0.169. The monoisotopic (exact) mass is 451 g/mol. The molecular formula is C20H25N3O5S2. The fraction of sp³-hybridized carbons (Fsp3) is 0.450. The van der Waals surface area contributed by atoms with Crippen molar-refractivity contribution >= 4 is 38.4 Å². The van der Waals surface area contributed by atoms with Gasteiger partial charge in [0, 0.05) is 24.9 Å². The van der Waals surface area contributed by atoms with Gasteiger partial charge in [-0.25, -0.2) is 18.2 Å². The molecule has 8 nitrogen and oxygen atoms in total. The molecule has 0 aliphatic carbocycles. The third-order valence-electron chi connectivity index (χ3n) is 4.75. The SMILES string of the molecule is CCOC(=O)c1csc(NC(=O)CCc2ccc(S(=O)(=O)N3CCCCC3)cc2)n1. The molecule has 1 aromatic carbocycles. The fourth-order valence-electron chi connectivity index (χ4n) is 3.15. The number of piperidine rings is 1. The lowest BCUT2D eigenvalue weighted by atomic mass is 10.1. The van der Waals surface area contributed by atoms with Crippen molar-refractivity contribution in [1.29, 1.82) is 0 Å². The van der Waals surface area contributed by atoms with E-state index in [1.165, 1.54) is 9.69 Å². The van der Waals surface area contributed by atoms with Gasteiger partial charge in [0.2, 0.25) is 15.9 Å². The van der Waals surface area contributed by atoms with Gasteiger partial charge in [-0.1, -0.05) is 18.6 Å². The molecule has 0 spiro atoms. The average molecular weight is 452 g/mol. The summed E-state index contributed by atoms with van der Waals surface area (Å²) in [6.45, 7) is 3.11. The number of thiazole rings is 1. The molecule has 0 atom stereocenters. The van der Waals surface area contributed by atoms with Crippen molar-refractivity contribution in [2.24, 2.45) is 0 Å². The molecule has 10 heteroatoms. The van der Waals surface area contributed by atoms with Gasteiger partial charge in [0.05, 0.1) is 11.5 Å². The lowest BCUT2D eigenvalue weighted by Gasteiger charge is -2.25. The second-order valence-electron chi connectivity index (χ2n) is 6.92. The number of nitrogens with zero attached hydrogens (tertiary/aromatic N) is 2. The first-order valence-electron chi connectivity index (χ1n) is 9.91. The molecule has 0 unspecified atom stereocenters. The zero-order chi connectivity index (χ0) is 21.6. The largest absolute Gasteiger partial charge is 0.461 e. The number of nitrogens with one attached hydrogen (secondary N) is 1. The third kappa shape index (κ3) is 5.65. The van der Waals surface area contributed by atoms with Gasteiger partial charge in [0.25, 0.3) is 0 Å². The van der Waals surface area contributed by atoms with Crippen LogP contribution in [0.1, 0.15) is 48.7 Å². The summed E-state index contributed by atoms with van der Waals surface area (Å²) >= 11 is 1.16. The smallest absolute Gasteiger partial charge is 0.357 e. The van der Waals surface area contributed by atoms with E-state index < -0.39 is 16.0 Å². The highest BCUT2D eigenvalue weighted by Gasteiger charge is 2.25. The summed E-state index contributed by atoms with van der Waals surface area (Å²) in [4.78, 5) is 28.1. The summed E-state index contributed by atoms with van der Waals surface area (Å²) < 4.78 is 31.8. The van der Waals surface area contributed by atoms with Gasteiger partial charge < -0.3 is 10.1 Å². The maximum atomic E-state index is 12.7. The number of rotatable bonds is 8. The molecular weight excluding hydrogens is 426 g/mol. The number of hydrogen-bond donors (Lipinski definition) is 1. The van der Waals surface area contributed by atoms with Crippen molar-refractivity contribution in [2.75, 3.05) is 25.0 Å². The molecule has 1 fully saturated rings. The van der Waals surface area contributed by atoms with E-state index in [0.29, 0.717) is 24.6 Å². The molecule has 2 heterocycles. The summed E-state index contributed by atoms with van der Waals surface area (Å²) in [6, 6.07) is 6.69. The Balaban J connectivity index is 1.52. The summed E-state index contributed by atoms with van der Waals surface area (Å²) in [7, 11) is -3.45. The number of sulfonamides is 1. The van der Waals surface area contributed by atoms with Crippen molar-refractivity contribution in [1.82, 2.24) is 9.29 Å². The van der Waals surface area contributed by atoms with Crippen molar-refractivity contribution in [3.63, 3.8) is 0 Å². The quantitative estimate of drug-likeness (QED) is 0.619. The predicted octanol–water partition coefficient (Wildman–Crippen LogP) is 3.07. The number of anilines is 1. The molecule has 1 aromatic heterocycles. The molecule has 1 saturated heterocycles. The molecule has 1 amide bonds. The highest BCUT2D eigenvalue weighted by atomic mass is 32.2. The Bertz CT molecular complexity index is 980. The van der Waals surface area contributed by atoms with Crippen molar-refractivity contribution < 1.29 is 22.7 Å². The Morgan fingerprint density at radius 3 is 2.53 bits per heavy atom. The second kappa shape index (κ2) is 10.1. The molecule has 162 valence electrons. The number of aromatic nitrogens is 1. The summed E-state index contributed by atoms with van der Waals surface area (Å²) in [6.07, 6.45) is 3.54. The van der Waals surface area contributed by atoms with Crippen LogP contribution >= 0.6 is 11.3 Å². The van der Waals surface area contributed by atoms with Crippen LogP contribution in [0.5, 0.6) is 0 Å². The molecule has 0 radical (unpaired) electrons. The number of hydrogen-bond acceptors (Lipinski definition) is 7. The Labute approximate surface area is 180 Å². The molecule has 30 heavy (non-hydrogen) atoms. The number of carbonyl (C=O) groups is 2. The fourth-order valence-corrected chi connectivity index (χ4v) is 5.37. The minimum Gasteiger partial charge on any atom is -0.461 e. The second-order valence-corrected chi connectivity index (χ2v) is 9.71. The summed E-state index contributed by atoms with van der Waals surface area (Å²) in [5, 5.41) is 4.54. The van der Waals surface area contributed by atoms with E-state index in [2.05, 4.69) is 10.3 Å². The van der Waals surface area contributed by atoms with Gasteiger partial charge in [-0.15, -0.1) is 11.3 Å². The minimum atomic E-state index is -3.45. The molecule has 2 aromatic rings. The molecule has 1 aliphatic rings. The number of carbonyl (C=O) groups excluding carboxylic acids is 2. The van der Waals surface area contributed by atoms with Gasteiger partial charge in [0.1, 0.15) is 0 Å². The van der Waals surface area contributed by atoms with Gasteiger partial charge in [-0.3, -0.25) is 4.79 Å². The Morgan fingerprint density at radius 2 is 1.87 bits per heavy atom. The first-order chi connectivity index (χ1) is 14.4. The maximum absolute atomic E-state index is 12.7. The number of esters is 1. The lowest BCUT2D eigenvalue weighted by molar-refractivity contribution is -0.116. The Kier molecular flexibility index (Phi) is 7.57. The van der Waals surface area contributed by atoms with Crippen LogP contribution in [-0.2, 0) is 26.0 Å². The molecule has 3 rings (SSSR count). The van der Waals surface area contributed by atoms with Gasteiger partial charge in [-0.05, 0) is 43.9 Å². The van der Waals surface area contributed by atoms with Crippen molar-refractivity contribution in [3.05, 3.63) is 40.9 Å². The van der Waals surface area contributed by atoms with Gasteiger partial charge in [-0.2, -0.15) is 4.31 Å². The van der Waals surface area contributed by atoms with E-state index in [1.807, 2.05) is 0 Å². The van der Waals surface area contributed by atoms with Crippen molar-refractivity contribution in [3.8, 4) is 0 Å². The van der Waals surface area contributed by atoms with Gasteiger partial charge in [0.15, 0.2) is 10.8 Å². The van der Waals surface area contributed by atoms with Crippen LogP contribution in [0.3, 0.4) is 0 Å². The van der Waals surface area contributed by atoms with Crippen LogP contribution < -0.4 is 5.32 Å². The molecule has 1 aliphatic heterocycles. The van der Waals surface area contributed by atoms with Crippen LogP contribution in [0.2, 0.25) is 0 Å². The highest BCUT2D eigenvalue weighted by molar-refractivity contribution is 7.89. The number of amides is 1. The summed E-state index contributed by atoms with van der Waals surface area (Å²) in [5.74, 6) is -0.751. The van der Waals surface area contributed by atoms with E-state index in [4.69, 9.17) is 4.74 Å². The standard InChI is InChI=1S/C20H25N3O5S2/c1-2-28-19(25)17-14-29-20(21-17)22-18(24)11-8-15-6-9-16(10-7-15)30(26,27)23-12-4-3-5-13-23/h6-7,9-10,14H,2-5,8,11-13H2,1H3,(H,21,22,24). The number of aryl methyl sites for hydroxylation is 1. The van der Waals surface area contributed by atoms with E-state index >= 15 is 0 Å². The van der Waals surface area contributed by atoms with Crippen LogP contribution in [0, 0.1) is 0 Å². The lowest BCUT2D eigenvalue weighted by Crippen LogP contribution is -2.35. The first-order valence-corrected chi connectivity index (χ1v) is 12.2. The van der Waals surface area contributed by atoms with Crippen LogP contribution in [0.4, 0.5) is 5.13 Å². The molecule has 0 saturated carbocycles. The Morgan fingerprint density at radius 1 is 1.17 bits per heavy atom. The van der Waals surface area contributed by atoms with Gasteiger partial charge >= 0.3 is 5.97 Å².